The largest absolute Gasteiger partial charge is 0.481 e. The van der Waals surface area contributed by atoms with E-state index in [9.17, 15) is 4.79 Å². The fraction of sp³-hybridized carbons (Fsp3) is 0.400. The normalized spacial score (nSPS) is 7.12. The fourth-order valence-corrected chi connectivity index (χ4v) is 0.415. The van der Waals surface area contributed by atoms with Crippen molar-refractivity contribution in [2.75, 3.05) is 0 Å². The summed E-state index contributed by atoms with van der Waals surface area (Å²) in [5.74, 6) is 1.76. The Labute approximate surface area is 56.0 Å². The Kier molecular flexibility index (Phi) is 4.38. The van der Waals surface area contributed by atoms with Crippen LogP contribution in [0, 0.1) is 10.8 Å². The summed E-state index contributed by atoms with van der Waals surface area (Å²) in [6.45, 7) is 0. The highest BCUT2D eigenvalue weighted by molar-refractivity contribution is 9.12. The number of carbonyl (C=O) groups is 1. The topological polar surface area (TPSA) is 37.3 Å². The lowest BCUT2D eigenvalue weighted by atomic mass is 10.3. The van der Waals surface area contributed by atoms with Crippen molar-refractivity contribution in [3.63, 3.8) is 0 Å². The van der Waals surface area contributed by atoms with Gasteiger partial charge in [0.05, 0.1) is 6.42 Å². The molecule has 0 atom stereocenters. The Hall–Kier alpha value is -0.490. The van der Waals surface area contributed by atoms with Gasteiger partial charge in [0, 0.05) is 22.4 Å². The van der Waals surface area contributed by atoms with Crippen LogP contribution in [0.15, 0.2) is 0 Å². The molecule has 1 N–H and O–H groups in total. The van der Waals surface area contributed by atoms with E-state index in [1.807, 2.05) is 0 Å². The average Bonchev–Trinajstić information content (AvgIpc) is 1.66. The Morgan fingerprint density at radius 3 is 2.75 bits per heavy atom. The monoisotopic (exact) mass is 176 g/mol. The minimum Gasteiger partial charge on any atom is -0.481 e. The Morgan fingerprint density at radius 1 is 1.75 bits per heavy atom. The molecule has 0 bridgehead atoms. The van der Waals surface area contributed by atoms with Crippen LogP contribution in [-0.4, -0.2) is 11.1 Å². The smallest absolute Gasteiger partial charge is 0.304 e. The van der Waals surface area contributed by atoms with Gasteiger partial charge in [0.15, 0.2) is 0 Å². The molecule has 0 saturated carbocycles. The van der Waals surface area contributed by atoms with Crippen LogP contribution in [-0.2, 0) is 4.79 Å². The van der Waals surface area contributed by atoms with Gasteiger partial charge in [-0.25, -0.2) is 0 Å². The van der Waals surface area contributed by atoms with Crippen molar-refractivity contribution in [2.24, 2.45) is 0 Å². The van der Waals surface area contributed by atoms with E-state index in [1.165, 1.54) is 0 Å². The van der Waals surface area contributed by atoms with Gasteiger partial charge in [-0.05, 0) is 4.83 Å². The summed E-state index contributed by atoms with van der Waals surface area (Å²) in [5, 5.41) is 8.06. The third-order valence-electron chi connectivity index (χ3n) is 0.531. The van der Waals surface area contributed by atoms with Gasteiger partial charge in [0.25, 0.3) is 0 Å². The first-order valence-corrected chi connectivity index (χ1v) is 2.87. The van der Waals surface area contributed by atoms with Crippen LogP contribution in [0.5, 0.6) is 0 Å². The second kappa shape index (κ2) is 4.66. The van der Waals surface area contributed by atoms with Gasteiger partial charge in [-0.3, -0.25) is 4.79 Å². The highest BCUT2D eigenvalue weighted by Crippen LogP contribution is 1.85. The van der Waals surface area contributed by atoms with Crippen LogP contribution in [0.1, 0.15) is 12.8 Å². The number of carboxylic acid groups (broad SMARTS) is 1. The predicted octanol–water partition coefficient (Wildman–Crippen LogP) is 1.21. The van der Waals surface area contributed by atoms with E-state index < -0.39 is 5.97 Å². The van der Waals surface area contributed by atoms with E-state index in [0.29, 0.717) is 6.42 Å². The van der Waals surface area contributed by atoms with Gasteiger partial charge in [-0.15, -0.1) is 0 Å². The van der Waals surface area contributed by atoms with Gasteiger partial charge in [-0.1, -0.05) is 5.92 Å². The first kappa shape index (κ1) is 7.51. The Morgan fingerprint density at radius 2 is 2.38 bits per heavy atom. The lowest BCUT2D eigenvalue weighted by Gasteiger charge is -1.80. The molecule has 0 amide bonds. The lowest BCUT2D eigenvalue weighted by Crippen LogP contribution is -1.91. The molecule has 0 rings (SSSR count). The molecule has 0 aliphatic carbocycles. The average molecular weight is 177 g/mol. The third kappa shape index (κ3) is 5.51. The van der Waals surface area contributed by atoms with Crippen molar-refractivity contribution < 1.29 is 9.90 Å². The molecular formula is C5H5BrO2. The van der Waals surface area contributed by atoms with Crippen molar-refractivity contribution in [1.29, 1.82) is 0 Å². The first-order valence-electron chi connectivity index (χ1n) is 2.07. The summed E-state index contributed by atoms with van der Waals surface area (Å²) in [4.78, 5) is 12.2. The van der Waals surface area contributed by atoms with Gasteiger partial charge >= 0.3 is 5.97 Å². The van der Waals surface area contributed by atoms with E-state index >= 15 is 0 Å². The van der Waals surface area contributed by atoms with Gasteiger partial charge in [0.2, 0.25) is 0 Å². The second-order valence-electron chi connectivity index (χ2n) is 1.17. The molecule has 3 heteroatoms. The van der Waals surface area contributed by atoms with E-state index in [1.54, 1.807) is 0 Å². The summed E-state index contributed by atoms with van der Waals surface area (Å²) < 4.78 is 0. The Balaban J connectivity index is 3.14. The first-order chi connectivity index (χ1) is 3.77. The SMILES string of the molecule is O=C(O)CCC#CBr. The van der Waals surface area contributed by atoms with Crippen LogP contribution in [0.4, 0.5) is 0 Å². The lowest BCUT2D eigenvalue weighted by molar-refractivity contribution is -0.136. The van der Waals surface area contributed by atoms with Crippen molar-refractivity contribution in [3.05, 3.63) is 0 Å². The van der Waals surface area contributed by atoms with E-state index in [2.05, 4.69) is 26.7 Å². The number of hydrogen-bond donors (Lipinski definition) is 1. The summed E-state index contributed by atoms with van der Waals surface area (Å²) in [6.07, 6.45) is 0.541. The molecule has 2 nitrogen and oxygen atoms in total. The van der Waals surface area contributed by atoms with Crippen LogP contribution in [0.25, 0.3) is 0 Å². The standard InChI is InChI=1S/C5H5BrO2/c6-4-2-1-3-5(7)8/h1,3H2,(H,7,8). The number of hydrogen-bond acceptors (Lipinski definition) is 1. The molecule has 0 heterocycles. The third-order valence-corrected chi connectivity index (χ3v) is 0.811. The number of aliphatic carboxylic acids is 1. The summed E-state index contributed by atoms with van der Waals surface area (Å²) >= 11 is 2.85. The van der Waals surface area contributed by atoms with E-state index in [0.717, 1.165) is 0 Å². The van der Waals surface area contributed by atoms with Crippen molar-refractivity contribution >= 4 is 21.9 Å². The zero-order valence-corrected chi connectivity index (χ0v) is 5.73. The van der Waals surface area contributed by atoms with Gasteiger partial charge < -0.3 is 5.11 Å². The van der Waals surface area contributed by atoms with Crippen LogP contribution in [0.3, 0.4) is 0 Å². The highest BCUT2D eigenvalue weighted by Gasteiger charge is 1.90. The molecule has 44 valence electrons. The van der Waals surface area contributed by atoms with Crippen LogP contribution >= 0.6 is 15.9 Å². The van der Waals surface area contributed by atoms with E-state index in [-0.39, 0.29) is 6.42 Å². The molecule has 0 aromatic heterocycles. The van der Waals surface area contributed by atoms with E-state index in [4.69, 9.17) is 5.11 Å². The maximum Gasteiger partial charge on any atom is 0.304 e. The summed E-state index contributed by atoms with van der Waals surface area (Å²) in [5.41, 5.74) is 0. The molecule has 0 spiro atoms. The quantitative estimate of drug-likeness (QED) is 0.643. The molecule has 0 aliphatic rings. The van der Waals surface area contributed by atoms with Gasteiger partial charge in [0.1, 0.15) is 0 Å². The predicted molar refractivity (Wildman–Crippen MR) is 33.6 cm³/mol. The van der Waals surface area contributed by atoms with Crippen molar-refractivity contribution in [2.45, 2.75) is 12.8 Å². The molecule has 0 aromatic carbocycles. The molecule has 0 saturated heterocycles. The molecule has 0 aromatic rings. The maximum absolute atomic E-state index is 9.79. The minimum absolute atomic E-state index is 0.124. The minimum atomic E-state index is -0.805. The molecule has 0 radical (unpaired) electrons. The zero-order valence-electron chi connectivity index (χ0n) is 4.15. The summed E-state index contributed by atoms with van der Waals surface area (Å²) in [6, 6.07) is 0. The number of carboxylic acids is 1. The van der Waals surface area contributed by atoms with Crippen LogP contribution < -0.4 is 0 Å². The van der Waals surface area contributed by atoms with Crippen LogP contribution in [0.2, 0.25) is 0 Å². The Bertz CT molecular complexity index is 131. The van der Waals surface area contributed by atoms with Crippen molar-refractivity contribution in [3.8, 4) is 10.8 Å². The number of rotatable bonds is 2. The molecule has 0 fully saturated rings. The molecule has 0 unspecified atom stereocenters. The van der Waals surface area contributed by atoms with Gasteiger partial charge in [-0.2, -0.15) is 0 Å². The molecular weight excluding hydrogens is 172 g/mol. The van der Waals surface area contributed by atoms with Crippen molar-refractivity contribution in [1.82, 2.24) is 0 Å². The summed E-state index contributed by atoms with van der Waals surface area (Å²) in [7, 11) is 0. The highest BCUT2D eigenvalue weighted by atomic mass is 79.9. The zero-order chi connectivity index (χ0) is 6.41. The second-order valence-corrected chi connectivity index (χ2v) is 1.56. The molecule has 0 aliphatic heterocycles. The fourth-order valence-electron chi connectivity index (χ4n) is 0.217. The molecule has 8 heavy (non-hydrogen) atoms. The number of halogens is 1. The maximum atomic E-state index is 9.79.